The SMILES string of the molecule is COc1ccc(OCC#Cc2ccc(C(N)C[C@@H](C)COC(=O)/C=C\C(=O)OC[C@H](C)CC(N)c3ccc(C#CCOc4ccc(OC)c(OC)c4)s3)s2)cc1OC. The summed E-state index contributed by atoms with van der Waals surface area (Å²) in [6, 6.07) is 17.9. The van der Waals surface area contributed by atoms with Crippen LogP contribution in [0.5, 0.6) is 34.5 Å². The molecule has 2 heterocycles. The topological polar surface area (TPSA) is 160 Å². The average Bonchev–Trinajstić information content (AvgIpc) is 3.92. The number of methoxy groups -OCH3 is 4. The monoisotopic (exact) mass is 830 g/mol. The van der Waals surface area contributed by atoms with Crippen LogP contribution in [0.3, 0.4) is 0 Å². The summed E-state index contributed by atoms with van der Waals surface area (Å²) in [7, 11) is 6.29. The van der Waals surface area contributed by atoms with Gasteiger partial charge in [-0.25, -0.2) is 9.59 Å². The molecule has 0 aliphatic rings. The first-order valence-electron chi connectivity index (χ1n) is 18.4. The first-order chi connectivity index (χ1) is 28.0. The van der Waals surface area contributed by atoms with Gasteiger partial charge in [0.1, 0.15) is 24.7 Å². The van der Waals surface area contributed by atoms with E-state index < -0.39 is 11.9 Å². The van der Waals surface area contributed by atoms with Gasteiger partial charge in [-0.2, -0.15) is 0 Å². The van der Waals surface area contributed by atoms with Crippen LogP contribution >= 0.6 is 22.7 Å². The van der Waals surface area contributed by atoms with Crippen molar-refractivity contribution in [2.45, 2.75) is 38.8 Å². The number of rotatable bonds is 20. The summed E-state index contributed by atoms with van der Waals surface area (Å²) in [4.78, 5) is 28.3. The van der Waals surface area contributed by atoms with Gasteiger partial charge in [0.15, 0.2) is 23.0 Å². The van der Waals surface area contributed by atoms with E-state index in [9.17, 15) is 9.59 Å². The molecule has 4 atom stereocenters. The van der Waals surface area contributed by atoms with Gasteiger partial charge in [0.2, 0.25) is 0 Å². The molecule has 4 aromatic rings. The smallest absolute Gasteiger partial charge is 0.331 e. The van der Waals surface area contributed by atoms with Crippen LogP contribution < -0.4 is 39.9 Å². The second-order valence-corrected chi connectivity index (χ2v) is 15.3. The summed E-state index contributed by atoms with van der Waals surface area (Å²) in [5.41, 5.74) is 12.9. The predicted molar refractivity (Wildman–Crippen MR) is 225 cm³/mol. The first-order valence-corrected chi connectivity index (χ1v) is 20.0. The average molecular weight is 831 g/mol. The van der Waals surface area contributed by atoms with Crippen LogP contribution in [0.1, 0.15) is 58.3 Å². The molecule has 0 aliphatic heterocycles. The van der Waals surface area contributed by atoms with E-state index in [1.54, 1.807) is 64.8 Å². The Balaban J connectivity index is 1.10. The molecule has 2 unspecified atom stereocenters. The summed E-state index contributed by atoms with van der Waals surface area (Å²) < 4.78 is 43.2. The van der Waals surface area contributed by atoms with Gasteiger partial charge >= 0.3 is 11.9 Å². The molecule has 0 bridgehead atoms. The zero-order valence-electron chi connectivity index (χ0n) is 33.5. The number of benzene rings is 2. The maximum absolute atomic E-state index is 12.3. The van der Waals surface area contributed by atoms with Gasteiger partial charge < -0.3 is 49.4 Å². The number of thiophene rings is 2. The fourth-order valence-corrected chi connectivity index (χ4v) is 7.25. The first kappa shape index (κ1) is 45.1. The van der Waals surface area contributed by atoms with Gasteiger partial charge in [0.25, 0.3) is 0 Å². The predicted octanol–water partition coefficient (Wildman–Crippen LogP) is 7.10. The van der Waals surface area contributed by atoms with Crippen molar-refractivity contribution in [1.82, 2.24) is 0 Å². The Morgan fingerprint density at radius 1 is 0.603 bits per heavy atom. The minimum Gasteiger partial charge on any atom is -0.493 e. The number of ether oxygens (including phenoxy) is 8. The fourth-order valence-electron chi connectivity index (χ4n) is 5.45. The lowest BCUT2D eigenvalue weighted by atomic mass is 10.0. The van der Waals surface area contributed by atoms with E-state index in [4.69, 9.17) is 49.4 Å². The molecule has 0 amide bonds. The molecule has 12 nitrogen and oxygen atoms in total. The largest absolute Gasteiger partial charge is 0.493 e. The molecule has 0 saturated carbocycles. The molecule has 4 N–H and O–H groups in total. The van der Waals surface area contributed by atoms with E-state index >= 15 is 0 Å². The van der Waals surface area contributed by atoms with Crippen molar-refractivity contribution in [1.29, 1.82) is 0 Å². The quantitative estimate of drug-likeness (QED) is 0.0530. The van der Waals surface area contributed by atoms with Gasteiger partial charge in [-0.1, -0.05) is 37.5 Å². The van der Waals surface area contributed by atoms with E-state index in [2.05, 4.69) is 23.7 Å². The van der Waals surface area contributed by atoms with E-state index in [1.807, 2.05) is 38.1 Å². The highest BCUT2D eigenvalue weighted by molar-refractivity contribution is 7.12. The Bertz CT molecular complexity index is 1960. The van der Waals surface area contributed by atoms with E-state index in [0.717, 1.165) is 31.7 Å². The normalized spacial score (nSPS) is 12.8. The molecule has 0 fully saturated rings. The lowest BCUT2D eigenvalue weighted by Gasteiger charge is -2.16. The van der Waals surface area contributed by atoms with E-state index in [1.165, 1.54) is 22.7 Å². The van der Waals surface area contributed by atoms with Crippen LogP contribution in [0, 0.1) is 35.5 Å². The third-order valence-electron chi connectivity index (χ3n) is 8.43. The van der Waals surface area contributed by atoms with Crippen molar-refractivity contribution < 1.29 is 47.5 Å². The number of carbonyl (C=O) groups is 2. The minimum absolute atomic E-state index is 0.0217. The zero-order valence-corrected chi connectivity index (χ0v) is 35.2. The number of nitrogens with two attached hydrogens (primary N) is 2. The van der Waals surface area contributed by atoms with Gasteiger partial charge in [-0.3, -0.25) is 0 Å². The molecule has 4 rings (SSSR count). The van der Waals surface area contributed by atoms with E-state index in [0.29, 0.717) is 47.3 Å². The lowest BCUT2D eigenvalue weighted by molar-refractivity contribution is -0.141. The molecular weight excluding hydrogens is 781 g/mol. The Morgan fingerprint density at radius 2 is 1.00 bits per heavy atom. The van der Waals surface area contributed by atoms with Crippen LogP contribution in [0.15, 0.2) is 72.8 Å². The minimum atomic E-state index is -0.638. The highest BCUT2D eigenvalue weighted by atomic mass is 32.1. The number of hydrogen-bond donors (Lipinski definition) is 2. The molecule has 0 saturated heterocycles. The number of esters is 2. The lowest BCUT2D eigenvalue weighted by Crippen LogP contribution is -2.18. The second kappa shape index (κ2) is 23.6. The Morgan fingerprint density at radius 3 is 1.38 bits per heavy atom. The van der Waals surface area contributed by atoms with Gasteiger partial charge in [0.05, 0.1) is 51.4 Å². The molecule has 0 radical (unpaired) electrons. The summed E-state index contributed by atoms with van der Waals surface area (Å²) in [6.45, 7) is 4.59. The van der Waals surface area contributed by atoms with Crippen molar-refractivity contribution in [3.63, 3.8) is 0 Å². The molecule has 2 aromatic carbocycles. The molecule has 0 spiro atoms. The van der Waals surface area contributed by atoms with Gasteiger partial charge in [0, 0.05) is 46.1 Å². The number of carbonyl (C=O) groups excluding carboxylic acids is 2. The molecule has 0 aliphatic carbocycles. The van der Waals surface area contributed by atoms with Crippen LogP contribution in [0.25, 0.3) is 0 Å². The molecular formula is C44H50N2O10S2. The van der Waals surface area contributed by atoms with Crippen molar-refractivity contribution in [3.05, 3.63) is 92.3 Å². The summed E-state index contributed by atoms with van der Waals surface area (Å²) in [6.07, 6.45) is 3.31. The van der Waals surface area contributed by atoms with Crippen LogP contribution in [0.2, 0.25) is 0 Å². The van der Waals surface area contributed by atoms with E-state index in [-0.39, 0.29) is 50.3 Å². The standard InChI is InChI=1S/C44H50N2O10S2/c1-29(23-35(45)41-17-13-33(57-41)9-7-21-53-31-11-15-37(49-3)39(25-31)51-5)27-55-43(47)19-20-44(48)56-28-30(2)24-36(46)42-18-14-34(58-42)10-8-22-54-32-12-16-38(50-4)40(26-32)52-6/h11-20,25-26,29-30,35-36H,21-24,27-28,45-46H2,1-6H3/b20-19-/t29-,30-,35?,36?/m1/s1. The molecule has 2 aromatic heterocycles. The van der Waals surface area contributed by atoms with Crippen molar-refractivity contribution in [3.8, 4) is 58.2 Å². The fraction of sp³-hybridized carbons (Fsp3) is 0.364. The Kier molecular flexibility index (Phi) is 18.3. The summed E-state index contributed by atoms with van der Waals surface area (Å²) in [5.74, 6) is 14.6. The number of hydrogen-bond acceptors (Lipinski definition) is 14. The zero-order chi connectivity index (χ0) is 41.9. The molecule has 58 heavy (non-hydrogen) atoms. The van der Waals surface area contributed by atoms with Crippen LogP contribution in [-0.4, -0.2) is 66.8 Å². The van der Waals surface area contributed by atoms with Gasteiger partial charge in [-0.05, 0) is 73.2 Å². The summed E-state index contributed by atoms with van der Waals surface area (Å²) in [5, 5.41) is 0. The maximum Gasteiger partial charge on any atom is 0.331 e. The Hall–Kier alpha value is -5.64. The highest BCUT2D eigenvalue weighted by Gasteiger charge is 2.17. The maximum atomic E-state index is 12.3. The van der Waals surface area contributed by atoms with Crippen LogP contribution in [-0.2, 0) is 19.1 Å². The molecule has 14 heteroatoms. The highest BCUT2D eigenvalue weighted by Crippen LogP contribution is 2.32. The van der Waals surface area contributed by atoms with Crippen molar-refractivity contribution in [2.75, 3.05) is 54.9 Å². The van der Waals surface area contributed by atoms with Crippen molar-refractivity contribution in [2.24, 2.45) is 23.3 Å². The third kappa shape index (κ3) is 14.7. The Labute approximate surface area is 348 Å². The summed E-state index contributed by atoms with van der Waals surface area (Å²) >= 11 is 3.02. The third-order valence-corrected chi connectivity index (χ3v) is 10.7. The second-order valence-electron chi connectivity index (χ2n) is 13.1. The van der Waals surface area contributed by atoms with Gasteiger partial charge in [-0.15, -0.1) is 22.7 Å². The van der Waals surface area contributed by atoms with Crippen LogP contribution in [0.4, 0.5) is 0 Å². The molecule has 308 valence electrons. The van der Waals surface area contributed by atoms with Crippen molar-refractivity contribution >= 4 is 34.6 Å².